The number of rotatable bonds is 3. The van der Waals surface area contributed by atoms with Gasteiger partial charge in [-0.15, -0.1) is 0 Å². The summed E-state index contributed by atoms with van der Waals surface area (Å²) in [7, 11) is 0. The van der Waals surface area contributed by atoms with E-state index in [1.807, 2.05) is 78.9 Å². The van der Waals surface area contributed by atoms with Crippen molar-refractivity contribution < 1.29 is 23.7 Å². The van der Waals surface area contributed by atoms with Gasteiger partial charge in [-0.2, -0.15) is 0 Å². The molecule has 5 heteroatoms. The molecule has 5 nitrogen and oxygen atoms in total. The Labute approximate surface area is 177 Å². The standard InChI is InChI=1S/C25H26O5/c1-2-9-20(10-3-1)17-28-21-18-29-24-13-6-4-11-22(24)26-15-8-16-27-23-12-5-7-14-25(23)30-19-21/h1-7,9-14,21H,8,15-19H2. The Morgan fingerprint density at radius 3 is 1.60 bits per heavy atom. The molecule has 1 heterocycles. The second-order valence-corrected chi connectivity index (χ2v) is 6.98. The molecule has 4 rings (SSSR count). The largest absolute Gasteiger partial charge is 0.490 e. The van der Waals surface area contributed by atoms with Gasteiger partial charge in [0.15, 0.2) is 23.0 Å². The third-order valence-electron chi connectivity index (χ3n) is 4.68. The van der Waals surface area contributed by atoms with Crippen molar-refractivity contribution in [3.63, 3.8) is 0 Å². The van der Waals surface area contributed by atoms with E-state index in [0.717, 1.165) is 23.5 Å². The molecule has 30 heavy (non-hydrogen) atoms. The van der Waals surface area contributed by atoms with Gasteiger partial charge in [-0.25, -0.2) is 0 Å². The zero-order chi connectivity index (χ0) is 20.4. The minimum atomic E-state index is -0.269. The van der Waals surface area contributed by atoms with Crippen LogP contribution >= 0.6 is 0 Å². The van der Waals surface area contributed by atoms with E-state index in [0.29, 0.717) is 44.5 Å². The summed E-state index contributed by atoms with van der Waals surface area (Å²) in [5, 5.41) is 0. The first-order chi connectivity index (χ1) is 14.9. The quantitative estimate of drug-likeness (QED) is 0.620. The topological polar surface area (TPSA) is 46.2 Å². The molecular weight excluding hydrogens is 380 g/mol. The zero-order valence-corrected chi connectivity index (χ0v) is 16.9. The fourth-order valence-electron chi connectivity index (χ4n) is 3.10. The highest BCUT2D eigenvalue weighted by Gasteiger charge is 2.16. The van der Waals surface area contributed by atoms with Gasteiger partial charge in [0.25, 0.3) is 0 Å². The van der Waals surface area contributed by atoms with E-state index in [1.54, 1.807) is 0 Å². The van der Waals surface area contributed by atoms with Crippen molar-refractivity contribution in [1.82, 2.24) is 0 Å². The van der Waals surface area contributed by atoms with E-state index in [9.17, 15) is 0 Å². The second-order valence-electron chi connectivity index (χ2n) is 6.98. The SMILES string of the molecule is c1ccc(COC2COc3ccccc3OCCCOc3ccccc3OC2)cc1. The Morgan fingerprint density at radius 1 is 0.600 bits per heavy atom. The molecule has 0 amide bonds. The first-order valence-corrected chi connectivity index (χ1v) is 10.2. The van der Waals surface area contributed by atoms with Gasteiger partial charge in [0.05, 0.1) is 19.8 Å². The molecule has 3 aromatic rings. The van der Waals surface area contributed by atoms with Crippen LogP contribution in [0.5, 0.6) is 23.0 Å². The monoisotopic (exact) mass is 406 g/mol. The third kappa shape index (κ3) is 5.67. The van der Waals surface area contributed by atoms with Gasteiger partial charge >= 0.3 is 0 Å². The summed E-state index contributed by atoms with van der Waals surface area (Å²) < 4.78 is 30.1. The van der Waals surface area contributed by atoms with Crippen molar-refractivity contribution in [1.29, 1.82) is 0 Å². The van der Waals surface area contributed by atoms with Gasteiger partial charge in [-0.3, -0.25) is 0 Å². The fourth-order valence-corrected chi connectivity index (χ4v) is 3.10. The summed E-state index contributed by atoms with van der Waals surface area (Å²) >= 11 is 0. The van der Waals surface area contributed by atoms with Gasteiger partial charge in [0.1, 0.15) is 19.3 Å². The van der Waals surface area contributed by atoms with E-state index in [2.05, 4.69) is 0 Å². The van der Waals surface area contributed by atoms with Gasteiger partial charge in [0.2, 0.25) is 0 Å². The fraction of sp³-hybridized carbons (Fsp3) is 0.280. The minimum Gasteiger partial charge on any atom is -0.490 e. The lowest BCUT2D eigenvalue weighted by Gasteiger charge is -2.22. The van der Waals surface area contributed by atoms with Crippen LogP contribution in [0.15, 0.2) is 78.9 Å². The van der Waals surface area contributed by atoms with Crippen molar-refractivity contribution in [2.24, 2.45) is 0 Å². The maximum absolute atomic E-state index is 6.13. The lowest BCUT2D eigenvalue weighted by Crippen LogP contribution is -2.29. The van der Waals surface area contributed by atoms with Crippen molar-refractivity contribution in [3.05, 3.63) is 84.4 Å². The van der Waals surface area contributed by atoms with Crippen LogP contribution in [0.3, 0.4) is 0 Å². The average molecular weight is 406 g/mol. The smallest absolute Gasteiger partial charge is 0.161 e. The Hall–Kier alpha value is -3.18. The van der Waals surface area contributed by atoms with Gasteiger partial charge in [-0.05, 0) is 29.8 Å². The normalized spacial score (nSPS) is 15.2. The molecular formula is C25H26O5. The van der Waals surface area contributed by atoms with E-state index in [1.165, 1.54) is 0 Å². The van der Waals surface area contributed by atoms with Crippen LogP contribution < -0.4 is 18.9 Å². The molecule has 0 fully saturated rings. The van der Waals surface area contributed by atoms with Crippen LogP contribution in [0.4, 0.5) is 0 Å². The molecule has 1 aliphatic heterocycles. The van der Waals surface area contributed by atoms with E-state index in [4.69, 9.17) is 23.7 Å². The summed E-state index contributed by atoms with van der Waals surface area (Å²) in [6.07, 6.45) is 0.486. The molecule has 3 aromatic carbocycles. The summed E-state index contributed by atoms with van der Waals surface area (Å²) in [5.74, 6) is 2.84. The molecule has 0 unspecified atom stereocenters. The molecule has 0 N–H and O–H groups in total. The zero-order valence-electron chi connectivity index (χ0n) is 16.9. The van der Waals surface area contributed by atoms with Crippen molar-refractivity contribution in [2.45, 2.75) is 19.1 Å². The third-order valence-corrected chi connectivity index (χ3v) is 4.68. The van der Waals surface area contributed by atoms with Crippen LogP contribution in [0, 0.1) is 0 Å². The molecule has 0 atom stereocenters. The Kier molecular flexibility index (Phi) is 7.07. The number of ether oxygens (including phenoxy) is 5. The lowest BCUT2D eigenvalue weighted by molar-refractivity contribution is -0.0179. The van der Waals surface area contributed by atoms with Gasteiger partial charge in [-0.1, -0.05) is 54.6 Å². The van der Waals surface area contributed by atoms with Crippen LogP contribution in [0.1, 0.15) is 12.0 Å². The molecule has 0 spiro atoms. The summed E-state index contributed by atoms with van der Waals surface area (Å²) in [6, 6.07) is 25.4. The number of fused-ring (bicyclic) bond motifs is 2. The van der Waals surface area contributed by atoms with Gasteiger partial charge in [0, 0.05) is 6.42 Å². The lowest BCUT2D eigenvalue weighted by atomic mass is 10.2. The number of hydrogen-bond acceptors (Lipinski definition) is 5. The molecule has 0 aromatic heterocycles. The first-order valence-electron chi connectivity index (χ1n) is 10.2. The summed E-state index contributed by atoms with van der Waals surface area (Å²) in [6.45, 7) is 2.25. The number of hydrogen-bond donors (Lipinski definition) is 0. The van der Waals surface area contributed by atoms with Crippen LogP contribution in [-0.2, 0) is 11.3 Å². The van der Waals surface area contributed by atoms with Crippen molar-refractivity contribution in [2.75, 3.05) is 26.4 Å². The van der Waals surface area contributed by atoms with E-state index >= 15 is 0 Å². The average Bonchev–Trinajstić information content (AvgIpc) is 2.80. The number of para-hydroxylation sites is 4. The maximum Gasteiger partial charge on any atom is 0.161 e. The predicted molar refractivity (Wildman–Crippen MR) is 115 cm³/mol. The molecule has 0 bridgehead atoms. The summed E-state index contributed by atoms with van der Waals surface area (Å²) in [4.78, 5) is 0. The maximum atomic E-state index is 6.13. The molecule has 0 saturated heterocycles. The highest BCUT2D eigenvalue weighted by atomic mass is 16.6. The molecule has 1 aliphatic rings. The first kappa shape index (κ1) is 20.1. The van der Waals surface area contributed by atoms with E-state index < -0.39 is 0 Å². The number of benzene rings is 3. The van der Waals surface area contributed by atoms with E-state index in [-0.39, 0.29) is 6.10 Å². The second kappa shape index (κ2) is 10.6. The van der Waals surface area contributed by atoms with Crippen LogP contribution in [-0.4, -0.2) is 32.5 Å². The predicted octanol–water partition coefficient (Wildman–Crippen LogP) is 4.89. The minimum absolute atomic E-state index is 0.269. The van der Waals surface area contributed by atoms with Crippen LogP contribution in [0.2, 0.25) is 0 Å². The van der Waals surface area contributed by atoms with Crippen molar-refractivity contribution >= 4 is 0 Å². The van der Waals surface area contributed by atoms with Gasteiger partial charge < -0.3 is 23.7 Å². The Bertz CT molecular complexity index is 859. The molecule has 156 valence electrons. The Balaban J connectivity index is 1.50. The molecule has 0 radical (unpaired) electrons. The highest BCUT2D eigenvalue weighted by Crippen LogP contribution is 2.29. The Morgan fingerprint density at radius 2 is 1.07 bits per heavy atom. The van der Waals surface area contributed by atoms with Crippen molar-refractivity contribution in [3.8, 4) is 23.0 Å². The molecule has 0 saturated carbocycles. The summed E-state index contributed by atoms with van der Waals surface area (Å²) in [5.41, 5.74) is 1.10. The molecule has 0 aliphatic carbocycles. The highest BCUT2D eigenvalue weighted by molar-refractivity contribution is 5.40. The van der Waals surface area contributed by atoms with Crippen LogP contribution in [0.25, 0.3) is 0 Å².